The molecule has 25 heavy (non-hydrogen) atoms. The molecule has 0 bridgehead atoms. The largest absolute Gasteiger partial charge is 0.469 e. The zero-order chi connectivity index (χ0) is 16.8. The highest BCUT2D eigenvalue weighted by Gasteiger charge is 2.26. The van der Waals surface area contributed by atoms with Crippen molar-refractivity contribution in [2.75, 3.05) is 26.2 Å². The van der Waals surface area contributed by atoms with Gasteiger partial charge in [0.2, 0.25) is 0 Å². The van der Waals surface area contributed by atoms with Crippen molar-refractivity contribution in [2.24, 2.45) is 12.0 Å². The molecule has 138 valence electrons. The van der Waals surface area contributed by atoms with Crippen molar-refractivity contribution >= 4 is 29.9 Å². The van der Waals surface area contributed by atoms with Gasteiger partial charge in [-0.1, -0.05) is 6.92 Å². The van der Waals surface area contributed by atoms with Crippen molar-refractivity contribution in [3.8, 4) is 0 Å². The van der Waals surface area contributed by atoms with Crippen molar-refractivity contribution < 1.29 is 4.42 Å². The minimum absolute atomic E-state index is 0. The van der Waals surface area contributed by atoms with Gasteiger partial charge in [-0.05, 0) is 30.5 Å². The van der Waals surface area contributed by atoms with Gasteiger partial charge in [0.15, 0.2) is 5.96 Å². The van der Waals surface area contributed by atoms with Crippen LogP contribution in [0.2, 0.25) is 0 Å². The Hall–Kier alpha value is -1.51. The first-order chi connectivity index (χ1) is 11.8. The second-order valence-electron chi connectivity index (χ2n) is 6.34. The van der Waals surface area contributed by atoms with Crippen molar-refractivity contribution in [1.29, 1.82) is 0 Å². The molecule has 1 unspecified atom stereocenters. The molecule has 0 radical (unpaired) electrons. The van der Waals surface area contributed by atoms with Crippen LogP contribution in [0.25, 0.3) is 0 Å². The molecule has 0 saturated carbocycles. The minimum Gasteiger partial charge on any atom is -0.469 e. The lowest BCUT2D eigenvalue weighted by molar-refractivity contribution is 0.475. The zero-order valence-corrected chi connectivity index (χ0v) is 17.3. The van der Waals surface area contributed by atoms with E-state index in [-0.39, 0.29) is 24.0 Å². The van der Waals surface area contributed by atoms with Crippen molar-refractivity contribution in [2.45, 2.75) is 32.1 Å². The van der Waals surface area contributed by atoms with Crippen molar-refractivity contribution in [3.05, 3.63) is 42.1 Å². The van der Waals surface area contributed by atoms with Gasteiger partial charge in [0.25, 0.3) is 0 Å². The quantitative estimate of drug-likeness (QED) is 0.412. The second kappa shape index (κ2) is 9.84. The topological polar surface area (TPSA) is 58.6 Å². The molecular weight excluding hydrogens is 429 g/mol. The smallest absolute Gasteiger partial charge is 0.193 e. The first-order valence-corrected chi connectivity index (χ1v) is 8.80. The van der Waals surface area contributed by atoms with Gasteiger partial charge >= 0.3 is 0 Å². The number of aromatic nitrogens is 2. The van der Waals surface area contributed by atoms with Crippen LogP contribution in [-0.2, 0) is 13.5 Å². The highest BCUT2D eigenvalue weighted by atomic mass is 127. The number of likely N-dealkylation sites (tertiary alicyclic amines) is 1. The molecule has 0 aliphatic carbocycles. The molecule has 1 N–H and O–H groups in total. The Morgan fingerprint density at radius 3 is 3.04 bits per heavy atom. The first kappa shape index (κ1) is 19.8. The normalized spacial score (nSPS) is 17.6. The number of hydrogen-bond donors (Lipinski definition) is 1. The van der Waals surface area contributed by atoms with Crippen LogP contribution in [0.1, 0.15) is 37.0 Å². The van der Waals surface area contributed by atoms with Crippen LogP contribution >= 0.6 is 24.0 Å². The number of aryl methyl sites for hydroxylation is 1. The van der Waals surface area contributed by atoms with Gasteiger partial charge in [-0.15, -0.1) is 24.0 Å². The van der Waals surface area contributed by atoms with Gasteiger partial charge in [-0.3, -0.25) is 9.67 Å². The number of furan rings is 1. The fraction of sp³-hybridized carbons (Fsp3) is 0.556. The Kier molecular flexibility index (Phi) is 7.80. The lowest BCUT2D eigenvalue weighted by atomic mass is 10.0. The molecular formula is C18H28IN5O. The molecule has 0 amide bonds. The Labute approximate surface area is 166 Å². The standard InChI is InChI=1S/C18H27N5O.HI/c1-3-8-19-18(20-9-6-17-5-4-11-24-17)23-10-7-15(14-23)16-12-21-22(2)13-16;/h4-5,11-13,15H,3,6-10,14H2,1-2H3,(H,19,20);1H. The third kappa shape index (κ3) is 5.49. The summed E-state index contributed by atoms with van der Waals surface area (Å²) in [7, 11) is 1.97. The molecule has 3 rings (SSSR count). The Morgan fingerprint density at radius 1 is 1.48 bits per heavy atom. The highest BCUT2D eigenvalue weighted by molar-refractivity contribution is 14.0. The lowest BCUT2D eigenvalue weighted by Crippen LogP contribution is -2.41. The van der Waals surface area contributed by atoms with Crippen LogP contribution in [0.5, 0.6) is 0 Å². The van der Waals surface area contributed by atoms with Crippen LogP contribution in [0.3, 0.4) is 0 Å². The first-order valence-electron chi connectivity index (χ1n) is 8.80. The molecule has 1 atom stereocenters. The van der Waals surface area contributed by atoms with E-state index >= 15 is 0 Å². The van der Waals surface area contributed by atoms with Gasteiger partial charge in [0, 0.05) is 51.8 Å². The fourth-order valence-electron chi connectivity index (χ4n) is 3.11. The third-order valence-corrected chi connectivity index (χ3v) is 4.40. The van der Waals surface area contributed by atoms with Crippen LogP contribution < -0.4 is 5.32 Å². The summed E-state index contributed by atoms with van der Waals surface area (Å²) in [6, 6.07) is 3.94. The van der Waals surface area contributed by atoms with Gasteiger partial charge < -0.3 is 14.6 Å². The maximum atomic E-state index is 5.40. The summed E-state index contributed by atoms with van der Waals surface area (Å²) in [5, 5.41) is 7.81. The van der Waals surface area contributed by atoms with Gasteiger partial charge in [0.1, 0.15) is 5.76 Å². The molecule has 0 spiro atoms. The highest BCUT2D eigenvalue weighted by Crippen LogP contribution is 2.26. The van der Waals surface area contributed by atoms with E-state index in [1.165, 1.54) is 5.56 Å². The number of rotatable bonds is 6. The van der Waals surface area contributed by atoms with Gasteiger partial charge in [-0.25, -0.2) is 0 Å². The molecule has 3 heterocycles. The van der Waals surface area contributed by atoms with Crippen LogP contribution in [0.15, 0.2) is 40.2 Å². The Balaban J connectivity index is 0.00000225. The molecule has 1 fully saturated rings. The number of nitrogens with one attached hydrogen (secondary N) is 1. The summed E-state index contributed by atoms with van der Waals surface area (Å²) in [4.78, 5) is 7.13. The lowest BCUT2D eigenvalue weighted by Gasteiger charge is -2.22. The van der Waals surface area contributed by atoms with Crippen molar-refractivity contribution in [1.82, 2.24) is 20.0 Å². The molecule has 2 aromatic heterocycles. The average molecular weight is 457 g/mol. The Morgan fingerprint density at radius 2 is 2.36 bits per heavy atom. The summed E-state index contributed by atoms with van der Waals surface area (Å²) in [5.41, 5.74) is 1.32. The number of aliphatic imine (C=N–C) groups is 1. The SMILES string of the molecule is CCCN=C(NCCc1ccco1)N1CCC(c2cnn(C)c2)C1.I. The molecule has 1 aliphatic rings. The van der Waals surface area contributed by atoms with E-state index in [1.807, 2.05) is 30.1 Å². The van der Waals surface area contributed by atoms with E-state index in [4.69, 9.17) is 9.41 Å². The average Bonchev–Trinajstić information content (AvgIpc) is 3.31. The third-order valence-electron chi connectivity index (χ3n) is 4.40. The molecule has 1 aliphatic heterocycles. The monoisotopic (exact) mass is 457 g/mol. The van der Waals surface area contributed by atoms with Crippen LogP contribution in [-0.4, -0.2) is 46.8 Å². The summed E-state index contributed by atoms with van der Waals surface area (Å²) >= 11 is 0. The summed E-state index contributed by atoms with van der Waals surface area (Å²) in [6.45, 7) is 5.89. The second-order valence-corrected chi connectivity index (χ2v) is 6.34. The maximum Gasteiger partial charge on any atom is 0.193 e. The molecule has 1 saturated heterocycles. The number of hydrogen-bond acceptors (Lipinski definition) is 3. The maximum absolute atomic E-state index is 5.40. The number of guanidine groups is 1. The van der Waals surface area contributed by atoms with E-state index in [9.17, 15) is 0 Å². The predicted octanol–water partition coefficient (Wildman–Crippen LogP) is 3.02. The van der Waals surface area contributed by atoms with Gasteiger partial charge in [0.05, 0.1) is 12.5 Å². The Bertz CT molecular complexity index is 652. The number of nitrogens with zero attached hydrogens (tertiary/aromatic N) is 4. The molecule has 0 aromatic carbocycles. The van der Waals surface area contributed by atoms with E-state index < -0.39 is 0 Å². The van der Waals surface area contributed by atoms with E-state index in [2.05, 4.69) is 28.4 Å². The molecule has 6 nitrogen and oxygen atoms in total. The van der Waals surface area contributed by atoms with Crippen LogP contribution in [0, 0.1) is 0 Å². The summed E-state index contributed by atoms with van der Waals surface area (Å²) in [5.74, 6) is 2.57. The van der Waals surface area contributed by atoms with Gasteiger partial charge in [-0.2, -0.15) is 5.10 Å². The van der Waals surface area contributed by atoms with E-state index in [0.29, 0.717) is 5.92 Å². The fourth-order valence-corrected chi connectivity index (χ4v) is 3.11. The van der Waals surface area contributed by atoms with E-state index in [0.717, 1.165) is 57.2 Å². The van der Waals surface area contributed by atoms with Crippen molar-refractivity contribution in [3.63, 3.8) is 0 Å². The zero-order valence-electron chi connectivity index (χ0n) is 15.0. The van der Waals surface area contributed by atoms with E-state index in [1.54, 1.807) is 6.26 Å². The summed E-state index contributed by atoms with van der Waals surface area (Å²) < 4.78 is 7.28. The number of halogens is 1. The molecule has 7 heteroatoms. The summed E-state index contributed by atoms with van der Waals surface area (Å²) in [6.07, 6.45) is 8.92. The molecule has 2 aromatic rings. The van der Waals surface area contributed by atoms with Crippen LogP contribution in [0.4, 0.5) is 0 Å². The minimum atomic E-state index is 0. The predicted molar refractivity (Wildman–Crippen MR) is 111 cm³/mol.